The van der Waals surface area contributed by atoms with Crippen molar-refractivity contribution in [2.45, 2.75) is 32.4 Å². The summed E-state index contributed by atoms with van der Waals surface area (Å²) in [5.41, 5.74) is 3.88. The zero-order valence-corrected chi connectivity index (χ0v) is 16.7. The molecule has 2 aromatic carbocycles. The number of aromatic nitrogens is 2. The van der Waals surface area contributed by atoms with Gasteiger partial charge in [-0.1, -0.05) is 61.5 Å². The fourth-order valence-electron chi connectivity index (χ4n) is 3.21. The van der Waals surface area contributed by atoms with Crippen LogP contribution in [-0.4, -0.2) is 29.3 Å². The molecule has 1 unspecified atom stereocenters. The van der Waals surface area contributed by atoms with Crippen molar-refractivity contribution in [3.63, 3.8) is 0 Å². The Hall–Kier alpha value is -3.08. The van der Waals surface area contributed by atoms with Crippen molar-refractivity contribution in [1.82, 2.24) is 20.4 Å². The monoisotopic (exact) mass is 375 g/mol. The number of nitrogens with zero attached hydrogens (tertiary/aromatic N) is 3. The van der Waals surface area contributed by atoms with E-state index in [1.807, 2.05) is 30.2 Å². The topological polar surface area (TPSA) is 54.2 Å². The highest BCUT2D eigenvalue weighted by Crippen LogP contribution is 2.17. The highest BCUT2D eigenvalue weighted by atomic mass is 15.3. The third kappa shape index (κ3) is 5.71. The molecule has 0 spiro atoms. The number of aliphatic imine (C=N–C) groups is 1. The van der Waals surface area contributed by atoms with Gasteiger partial charge in [0.2, 0.25) is 0 Å². The van der Waals surface area contributed by atoms with Crippen molar-refractivity contribution >= 4 is 5.96 Å². The molecule has 0 bridgehead atoms. The van der Waals surface area contributed by atoms with Gasteiger partial charge in [-0.2, -0.15) is 5.10 Å². The first-order valence-electron chi connectivity index (χ1n) is 9.80. The van der Waals surface area contributed by atoms with Crippen LogP contribution in [0.2, 0.25) is 0 Å². The van der Waals surface area contributed by atoms with Gasteiger partial charge in [0.1, 0.15) is 0 Å². The van der Waals surface area contributed by atoms with Crippen molar-refractivity contribution in [1.29, 1.82) is 0 Å². The lowest BCUT2D eigenvalue weighted by Gasteiger charge is -2.16. The van der Waals surface area contributed by atoms with Gasteiger partial charge in [0.25, 0.3) is 0 Å². The molecule has 0 saturated carbocycles. The summed E-state index contributed by atoms with van der Waals surface area (Å²) < 4.78 is 1.94. The fraction of sp³-hybridized carbons (Fsp3) is 0.304. The molecule has 0 saturated heterocycles. The molecule has 146 valence electrons. The summed E-state index contributed by atoms with van der Waals surface area (Å²) >= 11 is 0. The first-order valence-corrected chi connectivity index (χ1v) is 9.80. The average molecular weight is 376 g/mol. The summed E-state index contributed by atoms with van der Waals surface area (Å²) in [4.78, 5) is 4.35. The van der Waals surface area contributed by atoms with E-state index in [4.69, 9.17) is 0 Å². The van der Waals surface area contributed by atoms with E-state index in [2.05, 4.69) is 82.2 Å². The van der Waals surface area contributed by atoms with Gasteiger partial charge >= 0.3 is 0 Å². The molecule has 5 nitrogen and oxygen atoms in total. The maximum Gasteiger partial charge on any atom is 0.191 e. The predicted molar refractivity (Wildman–Crippen MR) is 115 cm³/mol. The van der Waals surface area contributed by atoms with Gasteiger partial charge in [-0.15, -0.1) is 0 Å². The Morgan fingerprint density at radius 1 is 1.00 bits per heavy atom. The van der Waals surface area contributed by atoms with Gasteiger partial charge < -0.3 is 10.6 Å². The number of rotatable bonds is 8. The standard InChI is InChI=1S/C23H29N5/c1-19(20-9-4-3-5-10-20)13-15-25-23(24-2)26-17-21-11-6-7-12-22(21)18-28-16-8-14-27-28/h3-12,14,16,19H,13,15,17-18H2,1-2H3,(H2,24,25,26). The number of benzene rings is 2. The van der Waals surface area contributed by atoms with Crippen LogP contribution in [0.3, 0.4) is 0 Å². The molecule has 0 fully saturated rings. The molecule has 3 rings (SSSR count). The normalized spacial score (nSPS) is 12.6. The molecule has 1 atom stereocenters. The van der Waals surface area contributed by atoms with E-state index in [0.29, 0.717) is 5.92 Å². The Balaban J connectivity index is 1.49. The summed E-state index contributed by atoms with van der Waals surface area (Å²) in [6.45, 7) is 4.64. The molecule has 5 heteroatoms. The summed E-state index contributed by atoms with van der Waals surface area (Å²) in [6, 6.07) is 21.0. The SMILES string of the molecule is CN=C(NCCC(C)c1ccccc1)NCc1ccccc1Cn1cccn1. The van der Waals surface area contributed by atoms with Crippen molar-refractivity contribution in [2.24, 2.45) is 4.99 Å². The van der Waals surface area contributed by atoms with E-state index >= 15 is 0 Å². The third-order valence-electron chi connectivity index (χ3n) is 4.92. The van der Waals surface area contributed by atoms with Crippen LogP contribution in [-0.2, 0) is 13.1 Å². The van der Waals surface area contributed by atoms with Gasteiger partial charge in [0, 0.05) is 32.5 Å². The van der Waals surface area contributed by atoms with E-state index in [-0.39, 0.29) is 0 Å². The van der Waals surface area contributed by atoms with E-state index in [9.17, 15) is 0 Å². The third-order valence-corrected chi connectivity index (χ3v) is 4.92. The van der Waals surface area contributed by atoms with Crippen LogP contribution in [0, 0.1) is 0 Å². The van der Waals surface area contributed by atoms with Crippen LogP contribution in [0.25, 0.3) is 0 Å². The van der Waals surface area contributed by atoms with Crippen LogP contribution in [0.5, 0.6) is 0 Å². The molecule has 28 heavy (non-hydrogen) atoms. The molecular formula is C23H29N5. The Bertz CT molecular complexity index is 856. The van der Waals surface area contributed by atoms with Gasteiger partial charge in [0.15, 0.2) is 5.96 Å². The first kappa shape index (κ1) is 19.7. The van der Waals surface area contributed by atoms with Crippen molar-refractivity contribution in [3.05, 3.63) is 89.7 Å². The lowest BCUT2D eigenvalue weighted by molar-refractivity contribution is 0.650. The largest absolute Gasteiger partial charge is 0.356 e. The van der Waals surface area contributed by atoms with Crippen molar-refractivity contribution < 1.29 is 0 Å². The molecule has 0 amide bonds. The molecule has 3 aromatic rings. The van der Waals surface area contributed by atoms with Crippen LogP contribution >= 0.6 is 0 Å². The Kier molecular flexibility index (Phi) is 7.24. The van der Waals surface area contributed by atoms with Crippen molar-refractivity contribution in [2.75, 3.05) is 13.6 Å². The second-order valence-electron chi connectivity index (χ2n) is 6.93. The van der Waals surface area contributed by atoms with E-state index in [0.717, 1.165) is 32.0 Å². The lowest BCUT2D eigenvalue weighted by atomic mass is 9.98. The smallest absolute Gasteiger partial charge is 0.191 e. The Labute approximate surface area is 167 Å². The molecule has 0 aliphatic carbocycles. The van der Waals surface area contributed by atoms with Gasteiger partial charge in [-0.05, 0) is 35.1 Å². The predicted octanol–water partition coefficient (Wildman–Crippen LogP) is 3.79. The minimum absolute atomic E-state index is 0.515. The zero-order valence-electron chi connectivity index (χ0n) is 16.7. The highest BCUT2D eigenvalue weighted by molar-refractivity contribution is 5.79. The lowest BCUT2D eigenvalue weighted by Crippen LogP contribution is -2.37. The van der Waals surface area contributed by atoms with Gasteiger partial charge in [-0.3, -0.25) is 9.67 Å². The number of hydrogen-bond donors (Lipinski definition) is 2. The van der Waals surface area contributed by atoms with E-state index in [1.54, 1.807) is 0 Å². The maximum absolute atomic E-state index is 4.35. The van der Waals surface area contributed by atoms with Gasteiger partial charge in [0.05, 0.1) is 6.54 Å². The van der Waals surface area contributed by atoms with Crippen LogP contribution in [0.15, 0.2) is 78.0 Å². The maximum atomic E-state index is 4.35. The fourth-order valence-corrected chi connectivity index (χ4v) is 3.21. The number of guanidine groups is 1. The van der Waals surface area contributed by atoms with Crippen LogP contribution in [0.1, 0.15) is 36.0 Å². The molecule has 1 aromatic heterocycles. The highest BCUT2D eigenvalue weighted by Gasteiger charge is 2.07. The Morgan fingerprint density at radius 2 is 1.75 bits per heavy atom. The second-order valence-corrected chi connectivity index (χ2v) is 6.93. The average Bonchev–Trinajstić information content (AvgIpc) is 3.25. The molecule has 0 aliphatic rings. The van der Waals surface area contributed by atoms with Crippen molar-refractivity contribution in [3.8, 4) is 0 Å². The zero-order chi connectivity index (χ0) is 19.6. The minimum Gasteiger partial charge on any atom is -0.356 e. The quantitative estimate of drug-likeness (QED) is 0.465. The summed E-state index contributed by atoms with van der Waals surface area (Å²) in [7, 11) is 1.81. The van der Waals surface area contributed by atoms with Crippen LogP contribution in [0.4, 0.5) is 0 Å². The molecule has 2 N–H and O–H groups in total. The number of hydrogen-bond acceptors (Lipinski definition) is 2. The van der Waals surface area contributed by atoms with Crippen LogP contribution < -0.4 is 10.6 Å². The van der Waals surface area contributed by atoms with Gasteiger partial charge in [-0.25, -0.2) is 0 Å². The summed E-state index contributed by atoms with van der Waals surface area (Å²) in [5, 5.41) is 11.2. The summed E-state index contributed by atoms with van der Waals surface area (Å²) in [6.07, 6.45) is 4.85. The first-order chi connectivity index (χ1) is 13.8. The Morgan fingerprint density at radius 3 is 2.46 bits per heavy atom. The molecule has 0 aliphatic heterocycles. The van der Waals surface area contributed by atoms with E-state index < -0.39 is 0 Å². The second kappa shape index (κ2) is 10.3. The molecular weight excluding hydrogens is 346 g/mol. The number of nitrogens with one attached hydrogen (secondary N) is 2. The minimum atomic E-state index is 0.515. The van der Waals surface area contributed by atoms with E-state index in [1.165, 1.54) is 16.7 Å². The summed E-state index contributed by atoms with van der Waals surface area (Å²) in [5.74, 6) is 1.34. The molecule has 1 heterocycles. The molecule has 0 radical (unpaired) electrons.